The number of hydrogen-bond donors (Lipinski definition) is 1. The Morgan fingerprint density at radius 3 is 2.17 bits per heavy atom. The number of anilines is 1. The molecule has 0 aliphatic heterocycles. The minimum absolute atomic E-state index is 0.0376. The molecule has 0 heterocycles. The third kappa shape index (κ3) is 9.09. The maximum absolute atomic E-state index is 14.5. The molecule has 0 aliphatic carbocycles. The first-order valence-corrected chi connectivity index (χ1v) is 17.1. The SMILES string of the molecule is CCCCNC(=O)[C@H](Cc1ccccc1)N(Cc1ccc(Cl)c(Cl)c1)C(=O)CN(c1ccc(F)cc1)S(=O)(=O)c1ccc(C)cc1. The van der Waals surface area contributed by atoms with Crippen LogP contribution in [0.3, 0.4) is 0 Å². The predicted molar refractivity (Wildman–Crippen MR) is 181 cm³/mol. The van der Waals surface area contributed by atoms with Crippen LogP contribution in [0.4, 0.5) is 10.1 Å². The second kappa shape index (κ2) is 16.1. The van der Waals surface area contributed by atoms with Crippen molar-refractivity contribution >= 4 is 50.7 Å². The molecule has 0 saturated heterocycles. The summed E-state index contributed by atoms with van der Waals surface area (Å²) in [5.41, 5.74) is 2.36. The summed E-state index contributed by atoms with van der Waals surface area (Å²) in [4.78, 5) is 29.6. The Hall–Kier alpha value is -3.92. The highest BCUT2D eigenvalue weighted by Crippen LogP contribution is 2.27. The summed E-state index contributed by atoms with van der Waals surface area (Å²) >= 11 is 12.5. The van der Waals surface area contributed by atoms with E-state index in [-0.39, 0.29) is 34.5 Å². The van der Waals surface area contributed by atoms with E-state index in [2.05, 4.69) is 5.32 Å². The van der Waals surface area contributed by atoms with Gasteiger partial charge < -0.3 is 10.2 Å². The zero-order valence-electron chi connectivity index (χ0n) is 25.6. The van der Waals surface area contributed by atoms with Crippen LogP contribution in [0, 0.1) is 12.7 Å². The van der Waals surface area contributed by atoms with Gasteiger partial charge in [-0.25, -0.2) is 12.8 Å². The Kier molecular flexibility index (Phi) is 12.2. The van der Waals surface area contributed by atoms with Gasteiger partial charge in [0.1, 0.15) is 18.4 Å². The van der Waals surface area contributed by atoms with E-state index in [1.165, 1.54) is 29.2 Å². The molecule has 11 heteroatoms. The van der Waals surface area contributed by atoms with Crippen molar-refractivity contribution in [1.29, 1.82) is 0 Å². The summed E-state index contributed by atoms with van der Waals surface area (Å²) in [6, 6.07) is 24.3. The molecule has 0 spiro atoms. The first-order valence-electron chi connectivity index (χ1n) is 14.9. The van der Waals surface area contributed by atoms with E-state index < -0.39 is 34.3 Å². The number of carbonyl (C=O) groups excluding carboxylic acids is 2. The van der Waals surface area contributed by atoms with Gasteiger partial charge in [0.15, 0.2) is 0 Å². The van der Waals surface area contributed by atoms with Crippen molar-refractivity contribution in [3.05, 3.63) is 130 Å². The lowest BCUT2D eigenvalue weighted by molar-refractivity contribution is -0.140. The van der Waals surface area contributed by atoms with Crippen LogP contribution in [0.2, 0.25) is 10.0 Å². The number of amides is 2. The molecule has 0 aliphatic rings. The molecule has 46 heavy (non-hydrogen) atoms. The van der Waals surface area contributed by atoms with E-state index in [4.69, 9.17) is 23.2 Å². The zero-order valence-corrected chi connectivity index (χ0v) is 28.0. The van der Waals surface area contributed by atoms with Crippen LogP contribution < -0.4 is 9.62 Å². The number of unbranched alkanes of at least 4 members (excludes halogenated alkanes) is 1. The molecule has 1 N–H and O–H groups in total. The number of aryl methyl sites for hydroxylation is 1. The van der Waals surface area contributed by atoms with Gasteiger partial charge in [-0.2, -0.15) is 0 Å². The molecule has 4 aromatic carbocycles. The van der Waals surface area contributed by atoms with Crippen molar-refractivity contribution < 1.29 is 22.4 Å². The number of rotatable bonds is 14. The summed E-state index contributed by atoms with van der Waals surface area (Å²) in [5, 5.41) is 3.54. The smallest absolute Gasteiger partial charge is 0.264 e. The molecule has 0 unspecified atom stereocenters. The first-order chi connectivity index (χ1) is 22.0. The summed E-state index contributed by atoms with van der Waals surface area (Å²) in [6.45, 7) is 3.54. The highest BCUT2D eigenvalue weighted by atomic mass is 35.5. The van der Waals surface area contributed by atoms with Crippen molar-refractivity contribution in [2.75, 3.05) is 17.4 Å². The molecule has 0 fully saturated rings. The summed E-state index contributed by atoms with van der Waals surface area (Å²) in [5.74, 6) is -1.58. The van der Waals surface area contributed by atoms with Crippen LogP contribution in [0.5, 0.6) is 0 Å². The standard InChI is InChI=1S/C35H36Cl2FN3O4S/c1-3-4-20-39-35(43)33(22-26-8-6-5-7-9-26)40(23-27-12-19-31(36)32(37)21-27)34(42)24-41(29-15-13-28(38)14-16-29)46(44,45)30-17-10-25(2)11-18-30/h5-19,21,33H,3-4,20,22-24H2,1-2H3,(H,39,43)/t33-/m0/s1. The lowest BCUT2D eigenvalue weighted by atomic mass is 10.0. The third-order valence-corrected chi connectivity index (χ3v) is 9.97. The molecule has 0 radical (unpaired) electrons. The molecular weight excluding hydrogens is 648 g/mol. The average molecular weight is 685 g/mol. The van der Waals surface area contributed by atoms with Crippen molar-refractivity contribution in [2.45, 2.75) is 50.6 Å². The van der Waals surface area contributed by atoms with Gasteiger partial charge in [-0.15, -0.1) is 0 Å². The maximum atomic E-state index is 14.5. The number of benzene rings is 4. The van der Waals surface area contributed by atoms with Crippen LogP contribution >= 0.6 is 23.2 Å². The van der Waals surface area contributed by atoms with E-state index >= 15 is 0 Å². The van der Waals surface area contributed by atoms with Crippen LogP contribution in [0.15, 0.2) is 102 Å². The van der Waals surface area contributed by atoms with Crippen LogP contribution in [-0.2, 0) is 32.6 Å². The molecule has 7 nitrogen and oxygen atoms in total. The van der Waals surface area contributed by atoms with Gasteiger partial charge >= 0.3 is 0 Å². The monoisotopic (exact) mass is 683 g/mol. The minimum atomic E-state index is -4.30. The number of nitrogens with one attached hydrogen (secondary N) is 1. The van der Waals surface area contributed by atoms with Crippen molar-refractivity contribution in [3.63, 3.8) is 0 Å². The predicted octanol–water partition coefficient (Wildman–Crippen LogP) is 7.19. The fourth-order valence-electron chi connectivity index (χ4n) is 4.87. The molecule has 1 atom stereocenters. The summed E-state index contributed by atoms with van der Waals surface area (Å²) < 4.78 is 43.0. The molecule has 0 aromatic heterocycles. The third-order valence-electron chi connectivity index (χ3n) is 7.44. The van der Waals surface area contributed by atoms with Crippen molar-refractivity contribution in [3.8, 4) is 0 Å². The number of halogens is 3. The number of nitrogens with zero attached hydrogens (tertiary/aromatic N) is 2. The Morgan fingerprint density at radius 1 is 0.870 bits per heavy atom. The zero-order chi connectivity index (χ0) is 33.3. The molecular formula is C35H36Cl2FN3O4S. The largest absolute Gasteiger partial charge is 0.354 e. The number of hydrogen-bond acceptors (Lipinski definition) is 4. The van der Waals surface area contributed by atoms with Gasteiger partial charge in [0.25, 0.3) is 10.0 Å². The summed E-state index contributed by atoms with van der Waals surface area (Å²) in [6.07, 6.45) is 1.78. The van der Waals surface area contributed by atoms with Crippen LogP contribution in [0.25, 0.3) is 0 Å². The van der Waals surface area contributed by atoms with Crippen LogP contribution in [-0.4, -0.2) is 44.3 Å². The van der Waals surface area contributed by atoms with Gasteiger partial charge in [0.05, 0.1) is 20.6 Å². The Bertz CT molecular complexity index is 1740. The van der Waals surface area contributed by atoms with Gasteiger partial charge in [-0.1, -0.05) is 90.6 Å². The normalized spacial score (nSPS) is 11.9. The fourth-order valence-corrected chi connectivity index (χ4v) is 6.60. The first kappa shape index (κ1) is 34.9. The molecule has 0 saturated carbocycles. The lowest BCUT2D eigenvalue weighted by Gasteiger charge is -2.34. The number of carbonyl (C=O) groups is 2. The molecule has 4 rings (SSSR count). The van der Waals surface area contributed by atoms with Gasteiger partial charge in [-0.3, -0.25) is 13.9 Å². The van der Waals surface area contributed by atoms with E-state index in [0.717, 1.165) is 40.4 Å². The minimum Gasteiger partial charge on any atom is -0.354 e. The van der Waals surface area contributed by atoms with E-state index in [1.807, 2.05) is 44.2 Å². The van der Waals surface area contributed by atoms with Crippen LogP contribution in [0.1, 0.15) is 36.5 Å². The van der Waals surface area contributed by atoms with E-state index in [9.17, 15) is 22.4 Å². The maximum Gasteiger partial charge on any atom is 0.264 e. The average Bonchev–Trinajstić information content (AvgIpc) is 3.04. The molecule has 242 valence electrons. The Morgan fingerprint density at radius 2 is 1.54 bits per heavy atom. The fraction of sp³-hybridized carbons (Fsp3) is 0.257. The van der Waals surface area contributed by atoms with Crippen molar-refractivity contribution in [2.24, 2.45) is 0 Å². The number of sulfonamides is 1. The quantitative estimate of drug-likeness (QED) is 0.143. The molecule has 2 amide bonds. The van der Waals surface area contributed by atoms with Gasteiger partial charge in [-0.05, 0) is 73.0 Å². The second-order valence-corrected chi connectivity index (χ2v) is 13.6. The molecule has 0 bridgehead atoms. The highest BCUT2D eigenvalue weighted by Gasteiger charge is 2.34. The van der Waals surface area contributed by atoms with E-state index in [1.54, 1.807) is 30.3 Å². The Labute approximate surface area is 280 Å². The van der Waals surface area contributed by atoms with Gasteiger partial charge in [0.2, 0.25) is 11.8 Å². The summed E-state index contributed by atoms with van der Waals surface area (Å²) in [7, 11) is -4.30. The van der Waals surface area contributed by atoms with E-state index in [0.29, 0.717) is 17.1 Å². The lowest BCUT2D eigenvalue weighted by Crippen LogP contribution is -2.53. The molecule has 4 aromatic rings. The van der Waals surface area contributed by atoms with Crippen molar-refractivity contribution in [1.82, 2.24) is 10.2 Å². The highest BCUT2D eigenvalue weighted by molar-refractivity contribution is 7.92. The second-order valence-electron chi connectivity index (χ2n) is 10.9. The topological polar surface area (TPSA) is 86.8 Å². The Balaban J connectivity index is 1.80. The van der Waals surface area contributed by atoms with Gasteiger partial charge in [0, 0.05) is 19.5 Å².